The number of aryl methyl sites for hydroxylation is 1. The largest absolute Gasteiger partial charge is 0.370 e. The summed E-state index contributed by atoms with van der Waals surface area (Å²) >= 11 is 0. The van der Waals surface area contributed by atoms with Crippen LogP contribution in [0.2, 0.25) is 0 Å². The van der Waals surface area contributed by atoms with E-state index >= 15 is 0 Å². The number of nitrogens with zero attached hydrogens (tertiary/aromatic N) is 2. The van der Waals surface area contributed by atoms with E-state index in [2.05, 4.69) is 27.5 Å². The topological polar surface area (TPSA) is 66.9 Å². The second-order valence-electron chi connectivity index (χ2n) is 4.63. The van der Waals surface area contributed by atoms with E-state index in [1.54, 1.807) is 12.1 Å². The third-order valence-electron chi connectivity index (χ3n) is 2.74. The molecule has 110 valence electrons. The highest BCUT2D eigenvalue weighted by Gasteiger charge is 2.09. The Morgan fingerprint density at radius 1 is 1.29 bits per heavy atom. The molecule has 21 heavy (non-hydrogen) atoms. The van der Waals surface area contributed by atoms with Gasteiger partial charge in [-0.05, 0) is 37.6 Å². The molecule has 0 aliphatic carbocycles. The molecule has 2 aromatic rings. The summed E-state index contributed by atoms with van der Waals surface area (Å²) in [4.78, 5) is 20.3. The molecule has 0 fully saturated rings. The summed E-state index contributed by atoms with van der Waals surface area (Å²) in [5.74, 6) is 0.214. The van der Waals surface area contributed by atoms with Gasteiger partial charge in [-0.15, -0.1) is 0 Å². The fourth-order valence-electron chi connectivity index (χ4n) is 1.78. The summed E-state index contributed by atoms with van der Waals surface area (Å²) in [5.41, 5.74) is 1.22. The van der Waals surface area contributed by atoms with Crippen LogP contribution in [-0.2, 0) is 0 Å². The van der Waals surface area contributed by atoms with Crippen LogP contribution < -0.4 is 10.6 Å². The number of aromatic nitrogens is 2. The van der Waals surface area contributed by atoms with Gasteiger partial charge in [-0.25, -0.2) is 14.4 Å². The van der Waals surface area contributed by atoms with Crippen LogP contribution in [0.25, 0.3) is 0 Å². The summed E-state index contributed by atoms with van der Waals surface area (Å²) in [6.45, 7) is 4.66. The highest BCUT2D eigenvalue weighted by Crippen LogP contribution is 2.12. The normalized spacial score (nSPS) is 10.2. The van der Waals surface area contributed by atoms with E-state index in [9.17, 15) is 9.18 Å². The Labute approximate surface area is 122 Å². The standard InChI is InChI=1S/C15H17FN4O/c1-3-6-17-14-8-11(7-10(2)19-14)15(21)20-13-5-4-12(16)9-18-13/h4-5,7-9H,3,6H2,1-2H3,(H,17,19)(H,18,20,21). The Bertz CT molecular complexity index is 628. The van der Waals surface area contributed by atoms with Crippen LogP contribution in [0.4, 0.5) is 16.0 Å². The van der Waals surface area contributed by atoms with E-state index in [1.807, 2.05) is 6.92 Å². The van der Waals surface area contributed by atoms with Crippen molar-refractivity contribution in [3.05, 3.63) is 47.5 Å². The maximum Gasteiger partial charge on any atom is 0.257 e. The lowest BCUT2D eigenvalue weighted by Crippen LogP contribution is -2.14. The number of halogens is 1. The first-order chi connectivity index (χ1) is 10.1. The lowest BCUT2D eigenvalue weighted by Gasteiger charge is -2.09. The molecule has 0 spiro atoms. The van der Waals surface area contributed by atoms with E-state index in [0.717, 1.165) is 24.9 Å². The number of hydrogen-bond donors (Lipinski definition) is 2. The molecular formula is C15H17FN4O. The van der Waals surface area contributed by atoms with Gasteiger partial charge in [0.1, 0.15) is 17.5 Å². The van der Waals surface area contributed by atoms with Crippen LogP contribution in [0.15, 0.2) is 30.5 Å². The highest BCUT2D eigenvalue weighted by molar-refractivity contribution is 6.04. The highest BCUT2D eigenvalue weighted by atomic mass is 19.1. The second-order valence-corrected chi connectivity index (χ2v) is 4.63. The van der Waals surface area contributed by atoms with Crippen LogP contribution in [0.3, 0.4) is 0 Å². The van der Waals surface area contributed by atoms with Crippen molar-refractivity contribution in [3.8, 4) is 0 Å². The van der Waals surface area contributed by atoms with Crippen molar-refractivity contribution < 1.29 is 9.18 Å². The first-order valence-corrected chi connectivity index (χ1v) is 6.74. The number of rotatable bonds is 5. The first kappa shape index (κ1) is 14.9. The van der Waals surface area contributed by atoms with Gasteiger partial charge in [0.05, 0.1) is 6.20 Å². The fourth-order valence-corrected chi connectivity index (χ4v) is 1.78. The van der Waals surface area contributed by atoms with Crippen molar-refractivity contribution in [2.45, 2.75) is 20.3 Å². The molecule has 0 radical (unpaired) electrons. The van der Waals surface area contributed by atoms with Gasteiger partial charge in [-0.1, -0.05) is 6.92 Å². The molecular weight excluding hydrogens is 271 g/mol. The molecule has 0 saturated heterocycles. The molecule has 0 aliphatic heterocycles. The quantitative estimate of drug-likeness (QED) is 0.887. The predicted octanol–water partition coefficient (Wildman–Crippen LogP) is 3.00. The van der Waals surface area contributed by atoms with Crippen molar-refractivity contribution in [1.29, 1.82) is 0 Å². The second kappa shape index (κ2) is 6.78. The maximum atomic E-state index is 12.8. The van der Waals surface area contributed by atoms with Gasteiger partial charge in [0, 0.05) is 17.8 Å². The molecule has 2 rings (SSSR count). The Morgan fingerprint density at radius 3 is 2.76 bits per heavy atom. The van der Waals surface area contributed by atoms with E-state index in [1.165, 1.54) is 12.1 Å². The van der Waals surface area contributed by atoms with Gasteiger partial charge >= 0.3 is 0 Å². The summed E-state index contributed by atoms with van der Waals surface area (Å²) in [6, 6.07) is 6.03. The summed E-state index contributed by atoms with van der Waals surface area (Å²) in [5, 5.41) is 5.77. The lowest BCUT2D eigenvalue weighted by molar-refractivity contribution is 0.102. The van der Waals surface area contributed by atoms with Gasteiger partial charge < -0.3 is 10.6 Å². The zero-order valence-electron chi connectivity index (χ0n) is 12.0. The van der Waals surface area contributed by atoms with E-state index in [-0.39, 0.29) is 5.91 Å². The molecule has 0 saturated carbocycles. The Hall–Kier alpha value is -2.50. The molecule has 5 nitrogen and oxygen atoms in total. The Balaban J connectivity index is 2.14. The van der Waals surface area contributed by atoms with E-state index < -0.39 is 5.82 Å². The molecule has 2 aromatic heterocycles. The van der Waals surface area contributed by atoms with Gasteiger partial charge in [0.2, 0.25) is 0 Å². The maximum absolute atomic E-state index is 12.8. The number of pyridine rings is 2. The minimum atomic E-state index is -0.446. The molecule has 2 heterocycles. The lowest BCUT2D eigenvalue weighted by atomic mass is 10.2. The van der Waals surface area contributed by atoms with E-state index in [4.69, 9.17) is 0 Å². The third-order valence-corrected chi connectivity index (χ3v) is 2.74. The average molecular weight is 288 g/mol. The van der Waals surface area contributed by atoms with Crippen LogP contribution in [-0.4, -0.2) is 22.4 Å². The number of nitrogens with one attached hydrogen (secondary N) is 2. The van der Waals surface area contributed by atoms with Crippen LogP contribution in [0, 0.1) is 12.7 Å². The van der Waals surface area contributed by atoms with Crippen LogP contribution >= 0.6 is 0 Å². The molecule has 2 N–H and O–H groups in total. The molecule has 0 unspecified atom stereocenters. The first-order valence-electron chi connectivity index (χ1n) is 6.74. The minimum Gasteiger partial charge on any atom is -0.370 e. The third kappa shape index (κ3) is 4.24. The predicted molar refractivity (Wildman–Crippen MR) is 79.9 cm³/mol. The molecule has 0 aliphatic rings. The molecule has 0 atom stereocenters. The van der Waals surface area contributed by atoms with Crippen molar-refractivity contribution >= 4 is 17.5 Å². The van der Waals surface area contributed by atoms with Gasteiger partial charge in [0.25, 0.3) is 5.91 Å². The fraction of sp³-hybridized carbons (Fsp3) is 0.267. The smallest absolute Gasteiger partial charge is 0.257 e. The van der Waals surface area contributed by atoms with E-state index in [0.29, 0.717) is 17.2 Å². The molecule has 0 aromatic carbocycles. The zero-order chi connectivity index (χ0) is 15.2. The van der Waals surface area contributed by atoms with Crippen LogP contribution in [0.1, 0.15) is 29.4 Å². The van der Waals surface area contributed by atoms with Crippen molar-refractivity contribution in [2.75, 3.05) is 17.2 Å². The Morgan fingerprint density at radius 2 is 2.10 bits per heavy atom. The summed E-state index contributed by atoms with van der Waals surface area (Å²) in [7, 11) is 0. The number of amides is 1. The molecule has 0 bridgehead atoms. The van der Waals surface area contributed by atoms with Crippen molar-refractivity contribution in [2.24, 2.45) is 0 Å². The van der Waals surface area contributed by atoms with Gasteiger partial charge in [0.15, 0.2) is 0 Å². The minimum absolute atomic E-state index is 0.305. The average Bonchev–Trinajstić information content (AvgIpc) is 2.47. The number of carbonyl (C=O) groups excluding carboxylic acids is 1. The molecule has 6 heteroatoms. The van der Waals surface area contributed by atoms with Gasteiger partial charge in [-0.2, -0.15) is 0 Å². The summed E-state index contributed by atoms with van der Waals surface area (Å²) in [6.07, 6.45) is 2.03. The van der Waals surface area contributed by atoms with Crippen molar-refractivity contribution in [3.63, 3.8) is 0 Å². The summed E-state index contributed by atoms with van der Waals surface area (Å²) < 4.78 is 12.8. The number of hydrogen-bond acceptors (Lipinski definition) is 4. The number of carbonyl (C=O) groups is 1. The SMILES string of the molecule is CCCNc1cc(C(=O)Nc2ccc(F)cn2)cc(C)n1. The zero-order valence-corrected chi connectivity index (χ0v) is 12.0. The van der Waals surface area contributed by atoms with Gasteiger partial charge in [-0.3, -0.25) is 4.79 Å². The van der Waals surface area contributed by atoms with Crippen LogP contribution in [0.5, 0.6) is 0 Å². The molecule has 1 amide bonds. The number of anilines is 2. The van der Waals surface area contributed by atoms with Crippen molar-refractivity contribution in [1.82, 2.24) is 9.97 Å². The Kier molecular flexibility index (Phi) is 4.81. The monoisotopic (exact) mass is 288 g/mol.